The molecule has 0 radical (unpaired) electrons. The first-order chi connectivity index (χ1) is 10.6. The number of amides is 1. The number of nitrogens with zero attached hydrogens (tertiary/aromatic N) is 3. The van der Waals surface area contributed by atoms with Gasteiger partial charge < -0.3 is 11.1 Å². The second-order valence-corrected chi connectivity index (χ2v) is 5.43. The zero-order chi connectivity index (χ0) is 16.0. The van der Waals surface area contributed by atoms with Gasteiger partial charge in [-0.05, 0) is 30.5 Å². The predicted molar refractivity (Wildman–Crippen MR) is 101 cm³/mol. The monoisotopic (exact) mass is 373 g/mol. The average molecular weight is 374 g/mol. The van der Waals surface area contributed by atoms with Crippen molar-refractivity contribution in [3.8, 4) is 0 Å². The van der Waals surface area contributed by atoms with E-state index in [9.17, 15) is 4.79 Å². The van der Waals surface area contributed by atoms with Crippen molar-refractivity contribution in [2.45, 2.75) is 33.2 Å². The van der Waals surface area contributed by atoms with Gasteiger partial charge in [0.2, 0.25) is 5.91 Å². The van der Waals surface area contributed by atoms with Gasteiger partial charge in [0, 0.05) is 25.1 Å². The Hall–Kier alpha value is -1.63. The van der Waals surface area contributed by atoms with Crippen LogP contribution in [0.25, 0.3) is 0 Å². The molecule has 2 aromatic heterocycles. The number of aromatic nitrogens is 3. The van der Waals surface area contributed by atoms with Crippen LogP contribution in [-0.4, -0.2) is 27.2 Å². The van der Waals surface area contributed by atoms with Crippen LogP contribution >= 0.6 is 24.8 Å². The third-order valence-electron chi connectivity index (χ3n) is 4.21. The maximum Gasteiger partial charge on any atom is 0.231 e. The van der Waals surface area contributed by atoms with E-state index in [1.807, 2.05) is 32.2 Å². The molecule has 0 fully saturated rings. The lowest BCUT2D eigenvalue weighted by atomic mass is 9.81. The van der Waals surface area contributed by atoms with Gasteiger partial charge in [-0.1, -0.05) is 13.8 Å². The van der Waals surface area contributed by atoms with Crippen LogP contribution < -0.4 is 11.1 Å². The van der Waals surface area contributed by atoms with E-state index in [2.05, 4.69) is 15.4 Å². The number of pyridine rings is 1. The maximum atomic E-state index is 12.5. The molecule has 2 aromatic rings. The highest BCUT2D eigenvalue weighted by Gasteiger charge is 2.33. The normalized spacial score (nSPS) is 10.5. The molecule has 3 N–H and O–H groups in total. The highest BCUT2D eigenvalue weighted by atomic mass is 35.5. The van der Waals surface area contributed by atoms with Crippen LogP contribution in [0.15, 0.2) is 36.9 Å². The van der Waals surface area contributed by atoms with E-state index in [0.717, 1.165) is 18.4 Å². The largest absolute Gasteiger partial charge is 0.329 e. The number of anilines is 1. The molecule has 0 unspecified atom stereocenters. The Morgan fingerprint density at radius 2 is 1.88 bits per heavy atom. The van der Waals surface area contributed by atoms with E-state index in [0.29, 0.717) is 18.8 Å². The van der Waals surface area contributed by atoms with Crippen molar-refractivity contribution in [1.82, 2.24) is 14.8 Å². The van der Waals surface area contributed by atoms with E-state index in [1.165, 1.54) is 0 Å². The zero-order valence-corrected chi connectivity index (χ0v) is 15.6. The summed E-state index contributed by atoms with van der Waals surface area (Å²) < 4.78 is 1.78. The molecule has 0 atom stereocenters. The SMILES string of the molecule is CCC(CC)(CN)C(=O)Nc1cnn(Cc2ccncc2)c1.Cl.Cl. The summed E-state index contributed by atoms with van der Waals surface area (Å²) >= 11 is 0. The molecule has 8 heteroatoms. The lowest BCUT2D eigenvalue weighted by Gasteiger charge is -2.28. The molecule has 0 bridgehead atoms. The van der Waals surface area contributed by atoms with E-state index in [1.54, 1.807) is 23.3 Å². The minimum absolute atomic E-state index is 0. The van der Waals surface area contributed by atoms with E-state index in [4.69, 9.17) is 5.73 Å². The summed E-state index contributed by atoms with van der Waals surface area (Å²) in [5.41, 5.74) is 7.10. The Balaban J connectivity index is 0.00000264. The van der Waals surface area contributed by atoms with Crippen LogP contribution in [0.4, 0.5) is 5.69 Å². The van der Waals surface area contributed by atoms with Gasteiger partial charge >= 0.3 is 0 Å². The standard InChI is InChI=1S/C16H23N5O.2ClH/c1-3-16(4-2,12-17)15(22)20-14-9-19-21(11-14)10-13-5-7-18-8-6-13;;/h5-9,11H,3-4,10,12,17H2,1-2H3,(H,20,22);2*1H. The second-order valence-electron chi connectivity index (χ2n) is 5.43. The van der Waals surface area contributed by atoms with Crippen molar-refractivity contribution in [2.75, 3.05) is 11.9 Å². The quantitative estimate of drug-likeness (QED) is 0.780. The number of hydrogen-bond acceptors (Lipinski definition) is 4. The molecule has 24 heavy (non-hydrogen) atoms. The van der Waals surface area contributed by atoms with Gasteiger partial charge in [0.15, 0.2) is 0 Å². The van der Waals surface area contributed by atoms with Crippen molar-refractivity contribution in [3.63, 3.8) is 0 Å². The minimum Gasteiger partial charge on any atom is -0.329 e. The van der Waals surface area contributed by atoms with Crippen LogP contribution in [-0.2, 0) is 11.3 Å². The number of halogens is 2. The summed E-state index contributed by atoms with van der Waals surface area (Å²) in [7, 11) is 0. The Bertz CT molecular complexity index is 606. The molecule has 0 saturated heterocycles. The van der Waals surface area contributed by atoms with Gasteiger partial charge in [0.25, 0.3) is 0 Å². The number of carbonyl (C=O) groups is 1. The topological polar surface area (TPSA) is 85.8 Å². The first kappa shape index (κ1) is 22.4. The summed E-state index contributed by atoms with van der Waals surface area (Å²) in [6.45, 7) is 4.96. The van der Waals surface area contributed by atoms with Crippen molar-refractivity contribution >= 4 is 36.4 Å². The lowest BCUT2D eigenvalue weighted by Crippen LogP contribution is -2.41. The number of hydrogen-bond donors (Lipinski definition) is 2. The fourth-order valence-corrected chi connectivity index (χ4v) is 2.41. The van der Waals surface area contributed by atoms with Crippen LogP contribution in [0.2, 0.25) is 0 Å². The van der Waals surface area contributed by atoms with Crippen molar-refractivity contribution in [2.24, 2.45) is 11.1 Å². The Morgan fingerprint density at radius 3 is 2.42 bits per heavy atom. The summed E-state index contributed by atoms with van der Waals surface area (Å²) in [5.74, 6) is -0.0385. The molecule has 0 aromatic carbocycles. The van der Waals surface area contributed by atoms with Crippen molar-refractivity contribution < 1.29 is 4.79 Å². The van der Waals surface area contributed by atoms with Gasteiger partial charge in [-0.25, -0.2) is 0 Å². The predicted octanol–water partition coefficient (Wildman–Crippen LogP) is 2.87. The molecule has 6 nitrogen and oxygen atoms in total. The Kier molecular flexibility index (Phi) is 9.58. The van der Waals surface area contributed by atoms with Crippen LogP contribution in [0.5, 0.6) is 0 Å². The van der Waals surface area contributed by atoms with E-state index in [-0.39, 0.29) is 30.7 Å². The van der Waals surface area contributed by atoms with Crippen molar-refractivity contribution in [1.29, 1.82) is 0 Å². The fraction of sp³-hybridized carbons (Fsp3) is 0.438. The number of rotatable bonds is 7. The smallest absolute Gasteiger partial charge is 0.231 e. The third-order valence-corrected chi connectivity index (χ3v) is 4.21. The number of carbonyl (C=O) groups excluding carboxylic acids is 1. The summed E-state index contributed by atoms with van der Waals surface area (Å²) in [5, 5.41) is 7.20. The summed E-state index contributed by atoms with van der Waals surface area (Å²) in [4.78, 5) is 16.4. The molecular formula is C16H25Cl2N5O. The number of nitrogens with two attached hydrogens (primary N) is 1. The molecule has 2 rings (SSSR count). The van der Waals surface area contributed by atoms with Gasteiger partial charge in [0.1, 0.15) is 0 Å². The lowest BCUT2D eigenvalue weighted by molar-refractivity contribution is -0.125. The second kappa shape index (κ2) is 10.3. The Labute approximate surface area is 155 Å². The molecular weight excluding hydrogens is 349 g/mol. The molecule has 134 valence electrons. The third kappa shape index (κ3) is 5.19. The molecule has 0 spiro atoms. The van der Waals surface area contributed by atoms with Gasteiger partial charge in [0.05, 0.1) is 23.8 Å². The summed E-state index contributed by atoms with van der Waals surface area (Å²) in [6.07, 6.45) is 8.42. The average Bonchev–Trinajstić information content (AvgIpc) is 2.97. The van der Waals surface area contributed by atoms with Gasteiger partial charge in [-0.2, -0.15) is 5.10 Å². The van der Waals surface area contributed by atoms with E-state index >= 15 is 0 Å². The number of nitrogens with one attached hydrogen (secondary N) is 1. The minimum atomic E-state index is -0.507. The molecule has 0 aliphatic carbocycles. The zero-order valence-electron chi connectivity index (χ0n) is 13.9. The van der Waals surface area contributed by atoms with Crippen LogP contribution in [0.3, 0.4) is 0 Å². The highest BCUT2D eigenvalue weighted by Crippen LogP contribution is 2.26. The summed E-state index contributed by atoms with van der Waals surface area (Å²) in [6, 6.07) is 3.88. The maximum absolute atomic E-state index is 12.5. The first-order valence-corrected chi connectivity index (χ1v) is 7.56. The van der Waals surface area contributed by atoms with Gasteiger partial charge in [-0.15, -0.1) is 24.8 Å². The fourth-order valence-electron chi connectivity index (χ4n) is 2.41. The molecule has 0 saturated carbocycles. The van der Waals surface area contributed by atoms with E-state index < -0.39 is 5.41 Å². The van der Waals surface area contributed by atoms with Crippen LogP contribution in [0.1, 0.15) is 32.3 Å². The van der Waals surface area contributed by atoms with Crippen LogP contribution in [0, 0.1) is 5.41 Å². The molecule has 2 heterocycles. The first-order valence-electron chi connectivity index (χ1n) is 7.56. The Morgan fingerprint density at radius 1 is 1.25 bits per heavy atom. The van der Waals surface area contributed by atoms with Gasteiger partial charge in [-0.3, -0.25) is 14.5 Å². The molecule has 0 aliphatic heterocycles. The van der Waals surface area contributed by atoms with Crippen molar-refractivity contribution in [3.05, 3.63) is 42.5 Å². The highest BCUT2D eigenvalue weighted by molar-refractivity contribution is 5.95. The molecule has 0 aliphatic rings. The molecule has 1 amide bonds.